The van der Waals surface area contributed by atoms with E-state index in [1.165, 1.54) is 5.56 Å². The Morgan fingerprint density at radius 3 is 2.48 bits per heavy atom. The lowest BCUT2D eigenvalue weighted by atomic mass is 10.1. The second-order valence-corrected chi connectivity index (χ2v) is 8.28. The minimum atomic E-state index is -3.30. The fourth-order valence-corrected chi connectivity index (χ4v) is 4.93. The van der Waals surface area contributed by atoms with Crippen LogP contribution in [0.5, 0.6) is 0 Å². The third-order valence-electron chi connectivity index (χ3n) is 3.60. The molecule has 0 saturated carbocycles. The van der Waals surface area contributed by atoms with Crippen LogP contribution in [0.3, 0.4) is 0 Å². The van der Waals surface area contributed by atoms with E-state index >= 15 is 0 Å². The zero-order valence-electron chi connectivity index (χ0n) is 12.5. The maximum absolute atomic E-state index is 12.5. The molecule has 1 saturated heterocycles. The summed E-state index contributed by atoms with van der Waals surface area (Å²) in [7, 11) is -3.30. The van der Waals surface area contributed by atoms with Gasteiger partial charge in [-0.3, -0.25) is 0 Å². The lowest BCUT2D eigenvalue weighted by Gasteiger charge is -2.25. The molecule has 1 heterocycles. The van der Waals surface area contributed by atoms with Crippen LogP contribution in [0.25, 0.3) is 0 Å². The first-order valence-corrected chi connectivity index (χ1v) is 10.1. The molecule has 1 fully saturated rings. The fraction of sp³-hybridized carbons (Fsp3) is 0.600. The van der Waals surface area contributed by atoms with Crippen LogP contribution in [0, 0.1) is 0 Å². The van der Waals surface area contributed by atoms with Gasteiger partial charge in [0.2, 0.25) is 10.0 Å². The smallest absolute Gasteiger partial charge is 0.243 e. The Kier molecular flexibility index (Phi) is 6.54. The molecule has 6 heteroatoms. The highest BCUT2D eigenvalue weighted by Crippen LogP contribution is 2.20. The van der Waals surface area contributed by atoms with Crippen LogP contribution >= 0.6 is 11.8 Å². The molecule has 1 aliphatic heterocycles. The molecular weight excluding hydrogens is 304 g/mol. The van der Waals surface area contributed by atoms with E-state index < -0.39 is 10.0 Å². The van der Waals surface area contributed by atoms with Crippen LogP contribution in [0.1, 0.15) is 18.9 Å². The van der Waals surface area contributed by atoms with Gasteiger partial charge in [0, 0.05) is 24.6 Å². The van der Waals surface area contributed by atoms with E-state index in [-0.39, 0.29) is 0 Å². The number of rotatable bonds is 7. The molecule has 1 aliphatic rings. The van der Waals surface area contributed by atoms with Crippen molar-refractivity contribution < 1.29 is 8.42 Å². The number of nitrogens with one attached hydrogen (secondary N) is 1. The Bertz CT molecular complexity index is 523. The first-order valence-electron chi connectivity index (χ1n) is 7.52. The Balaban J connectivity index is 1.97. The van der Waals surface area contributed by atoms with E-state index in [9.17, 15) is 8.42 Å². The molecule has 0 bridgehead atoms. The summed E-state index contributed by atoms with van der Waals surface area (Å²) in [6, 6.07) is 7.38. The van der Waals surface area contributed by atoms with Crippen molar-refractivity contribution >= 4 is 21.8 Å². The highest BCUT2D eigenvalue weighted by atomic mass is 32.2. The molecule has 21 heavy (non-hydrogen) atoms. The van der Waals surface area contributed by atoms with Crippen molar-refractivity contribution in [2.24, 2.45) is 0 Å². The lowest BCUT2D eigenvalue weighted by molar-refractivity contribution is 0.443. The van der Waals surface area contributed by atoms with Crippen molar-refractivity contribution in [3.8, 4) is 0 Å². The Hall–Kier alpha value is -0.560. The fourth-order valence-electron chi connectivity index (χ4n) is 2.36. The van der Waals surface area contributed by atoms with Crippen LogP contribution in [0.15, 0.2) is 29.2 Å². The second-order valence-electron chi connectivity index (χ2n) is 5.12. The third-order valence-corrected chi connectivity index (χ3v) is 6.46. The molecule has 4 nitrogen and oxygen atoms in total. The molecule has 0 radical (unpaired) electrons. The summed E-state index contributed by atoms with van der Waals surface area (Å²) in [6.45, 7) is 5.33. The Labute approximate surface area is 132 Å². The number of hydrogen-bond donors (Lipinski definition) is 1. The van der Waals surface area contributed by atoms with Crippen molar-refractivity contribution in [3.05, 3.63) is 29.8 Å². The Morgan fingerprint density at radius 2 is 1.86 bits per heavy atom. The van der Waals surface area contributed by atoms with Gasteiger partial charge in [-0.05, 0) is 43.6 Å². The van der Waals surface area contributed by atoms with Crippen molar-refractivity contribution in [2.75, 3.05) is 37.7 Å². The van der Waals surface area contributed by atoms with Crippen LogP contribution < -0.4 is 5.32 Å². The summed E-state index contributed by atoms with van der Waals surface area (Å²) < 4.78 is 26.6. The number of sulfonamides is 1. The second kappa shape index (κ2) is 8.17. The molecule has 0 unspecified atom stereocenters. The van der Waals surface area contributed by atoms with E-state index in [0.717, 1.165) is 37.4 Å². The molecule has 0 spiro atoms. The van der Waals surface area contributed by atoms with Crippen LogP contribution in [-0.2, 0) is 16.4 Å². The quantitative estimate of drug-likeness (QED) is 0.778. The van der Waals surface area contributed by atoms with E-state index in [0.29, 0.717) is 18.0 Å². The highest BCUT2D eigenvalue weighted by molar-refractivity contribution is 7.99. The lowest BCUT2D eigenvalue weighted by Crippen LogP contribution is -2.37. The predicted molar refractivity (Wildman–Crippen MR) is 89.4 cm³/mol. The first kappa shape index (κ1) is 16.8. The topological polar surface area (TPSA) is 49.4 Å². The number of nitrogens with zero attached hydrogens (tertiary/aromatic N) is 1. The summed E-state index contributed by atoms with van der Waals surface area (Å²) in [5.74, 6) is 1.78. The normalized spacial score (nSPS) is 17.0. The average Bonchev–Trinajstić information content (AvgIpc) is 2.53. The number of benzene rings is 1. The van der Waals surface area contributed by atoms with Crippen LogP contribution in [-0.4, -0.2) is 50.4 Å². The third kappa shape index (κ3) is 4.71. The van der Waals surface area contributed by atoms with E-state index in [1.54, 1.807) is 16.4 Å². The van der Waals surface area contributed by atoms with Gasteiger partial charge in [0.15, 0.2) is 0 Å². The predicted octanol–water partition coefficient (Wildman–Crippen LogP) is 1.97. The summed E-state index contributed by atoms with van der Waals surface area (Å²) in [5.41, 5.74) is 1.20. The molecule has 1 aromatic rings. The molecular formula is C15H24N2O2S2. The van der Waals surface area contributed by atoms with Gasteiger partial charge >= 0.3 is 0 Å². The van der Waals surface area contributed by atoms with Crippen LogP contribution in [0.4, 0.5) is 0 Å². The van der Waals surface area contributed by atoms with Crippen LogP contribution in [0.2, 0.25) is 0 Å². The number of aryl methyl sites for hydroxylation is 1. The molecule has 0 atom stereocenters. The van der Waals surface area contributed by atoms with Gasteiger partial charge in [0.05, 0.1) is 4.90 Å². The van der Waals surface area contributed by atoms with Crippen molar-refractivity contribution in [1.82, 2.24) is 9.62 Å². The molecule has 1 N–H and O–H groups in total. The van der Waals surface area contributed by atoms with Gasteiger partial charge in [-0.2, -0.15) is 16.1 Å². The summed E-state index contributed by atoms with van der Waals surface area (Å²) in [6.07, 6.45) is 2.05. The molecule has 118 valence electrons. The average molecular weight is 329 g/mol. The van der Waals surface area contributed by atoms with Crippen molar-refractivity contribution in [3.63, 3.8) is 0 Å². The zero-order chi connectivity index (χ0) is 15.1. The molecule has 2 rings (SSSR count). The molecule has 0 aliphatic carbocycles. The molecule has 1 aromatic carbocycles. The number of thioether (sulfide) groups is 1. The SMILES string of the molecule is CCNCCCc1ccc(S(=O)(=O)N2CCSCC2)cc1. The Morgan fingerprint density at radius 1 is 1.19 bits per heavy atom. The van der Waals surface area contributed by atoms with Crippen molar-refractivity contribution in [1.29, 1.82) is 0 Å². The first-order chi connectivity index (χ1) is 10.1. The van der Waals surface area contributed by atoms with Gasteiger partial charge in [-0.15, -0.1) is 0 Å². The summed E-state index contributed by atoms with van der Waals surface area (Å²) in [4.78, 5) is 0.421. The van der Waals surface area contributed by atoms with Gasteiger partial charge in [0.25, 0.3) is 0 Å². The van der Waals surface area contributed by atoms with Gasteiger partial charge < -0.3 is 5.32 Å². The maximum atomic E-state index is 12.5. The number of hydrogen-bond acceptors (Lipinski definition) is 4. The van der Waals surface area contributed by atoms with Gasteiger partial charge in [0.1, 0.15) is 0 Å². The minimum absolute atomic E-state index is 0.421. The summed E-state index contributed by atoms with van der Waals surface area (Å²) in [5, 5.41) is 3.29. The van der Waals surface area contributed by atoms with Gasteiger partial charge in [-0.25, -0.2) is 8.42 Å². The minimum Gasteiger partial charge on any atom is -0.317 e. The standard InChI is InChI=1S/C15H24N2O2S2/c1-2-16-9-3-4-14-5-7-15(8-6-14)21(18,19)17-10-12-20-13-11-17/h5-8,16H,2-4,9-13H2,1H3. The van der Waals surface area contributed by atoms with E-state index in [2.05, 4.69) is 12.2 Å². The molecule has 0 amide bonds. The summed E-state index contributed by atoms with van der Waals surface area (Å²) >= 11 is 1.81. The van der Waals surface area contributed by atoms with Gasteiger partial charge in [-0.1, -0.05) is 19.1 Å². The maximum Gasteiger partial charge on any atom is 0.243 e. The largest absolute Gasteiger partial charge is 0.317 e. The molecule has 0 aromatic heterocycles. The highest BCUT2D eigenvalue weighted by Gasteiger charge is 2.25. The zero-order valence-corrected chi connectivity index (χ0v) is 14.2. The van der Waals surface area contributed by atoms with Crippen molar-refractivity contribution in [2.45, 2.75) is 24.7 Å². The monoisotopic (exact) mass is 328 g/mol. The van der Waals surface area contributed by atoms with E-state index in [1.807, 2.05) is 23.9 Å². The van der Waals surface area contributed by atoms with E-state index in [4.69, 9.17) is 0 Å².